The molecule has 0 saturated carbocycles. The summed E-state index contributed by atoms with van der Waals surface area (Å²) in [5.41, 5.74) is 0.188. The number of aromatic carboxylic acids is 1. The molecule has 1 aliphatic heterocycles. The van der Waals surface area contributed by atoms with Crippen molar-refractivity contribution in [3.8, 4) is 5.75 Å². The summed E-state index contributed by atoms with van der Waals surface area (Å²) in [6.07, 6.45) is -0.173. The zero-order valence-corrected chi connectivity index (χ0v) is 26.3. The average Bonchev–Trinajstić information content (AvgIpc) is 3.46. The van der Waals surface area contributed by atoms with Gasteiger partial charge < -0.3 is 29.8 Å². The number of amides is 1. The number of benzene rings is 2. The summed E-state index contributed by atoms with van der Waals surface area (Å²) in [5.74, 6) is 0.0627. The number of nitrogens with one attached hydrogen (secondary N) is 2. The molecule has 11 heteroatoms. The van der Waals surface area contributed by atoms with Gasteiger partial charge in [-0.05, 0) is 69.0 Å². The highest BCUT2D eigenvalue weighted by Gasteiger charge is 2.37. The second-order valence-corrected chi connectivity index (χ2v) is 12.8. The van der Waals surface area contributed by atoms with E-state index in [4.69, 9.17) is 20.8 Å². The Kier molecular flexibility index (Phi) is 7.84. The predicted molar refractivity (Wildman–Crippen MR) is 170 cm³/mol. The van der Waals surface area contributed by atoms with Crippen LogP contribution in [0.2, 0.25) is 5.02 Å². The molecule has 1 amide bonds. The summed E-state index contributed by atoms with van der Waals surface area (Å²) >= 11 is 6.53. The Bertz CT molecular complexity index is 1860. The summed E-state index contributed by atoms with van der Waals surface area (Å²) in [5, 5.41) is 16.4. The molecule has 0 unspecified atom stereocenters. The van der Waals surface area contributed by atoms with Gasteiger partial charge in [0.25, 0.3) is 16.8 Å². The van der Waals surface area contributed by atoms with Gasteiger partial charge in [-0.1, -0.05) is 32.4 Å². The fourth-order valence-electron chi connectivity index (χ4n) is 5.33. The smallest absolute Gasteiger partial charge is 0.337 e. The van der Waals surface area contributed by atoms with Crippen molar-refractivity contribution in [1.82, 2.24) is 0 Å². The minimum Gasteiger partial charge on any atom is -0.491 e. The largest absolute Gasteiger partial charge is 0.491 e. The van der Waals surface area contributed by atoms with E-state index in [0.717, 1.165) is 11.3 Å². The minimum atomic E-state index is -1.21. The Balaban J connectivity index is 1.52. The van der Waals surface area contributed by atoms with Crippen molar-refractivity contribution < 1.29 is 23.8 Å². The Morgan fingerprint density at radius 3 is 2.32 bits per heavy atom. The van der Waals surface area contributed by atoms with Crippen LogP contribution in [0, 0.1) is 19.3 Å². The summed E-state index contributed by atoms with van der Waals surface area (Å²) in [7, 11) is 0. The van der Waals surface area contributed by atoms with Gasteiger partial charge in [0.2, 0.25) is 0 Å². The Labute approximate surface area is 259 Å². The lowest BCUT2D eigenvalue weighted by Gasteiger charge is -2.31. The second kappa shape index (κ2) is 11.2. The zero-order valence-electron chi connectivity index (χ0n) is 25.5. The van der Waals surface area contributed by atoms with E-state index in [-0.39, 0.29) is 46.5 Å². The van der Waals surface area contributed by atoms with Gasteiger partial charge in [0.15, 0.2) is 0 Å². The summed E-state index contributed by atoms with van der Waals surface area (Å²) in [6, 6.07) is 9.04. The number of nitrogens with zero attached hydrogens (tertiary/aromatic N) is 1. The van der Waals surface area contributed by atoms with Gasteiger partial charge in [-0.15, -0.1) is 0 Å². The van der Waals surface area contributed by atoms with Crippen LogP contribution in [-0.4, -0.2) is 23.1 Å². The fraction of sp³-hybridized carbons (Fsp3) is 0.333. The molecule has 44 heavy (non-hydrogen) atoms. The predicted octanol–water partition coefficient (Wildman–Crippen LogP) is 6.73. The molecule has 1 aromatic heterocycles. The Morgan fingerprint density at radius 2 is 1.73 bits per heavy atom. The van der Waals surface area contributed by atoms with E-state index >= 15 is 0 Å². The maximum atomic E-state index is 13.9. The first-order chi connectivity index (χ1) is 20.6. The lowest BCUT2D eigenvalue weighted by Crippen LogP contribution is -2.39. The van der Waals surface area contributed by atoms with Crippen LogP contribution in [0.5, 0.6) is 5.75 Å². The fourth-order valence-corrected chi connectivity index (χ4v) is 5.55. The molecule has 0 fully saturated rings. The maximum Gasteiger partial charge on any atom is 0.337 e. The number of carboxylic acids is 1. The topological polar surface area (TPSA) is 138 Å². The van der Waals surface area contributed by atoms with Crippen LogP contribution in [0.1, 0.15) is 84.0 Å². The van der Waals surface area contributed by atoms with Crippen molar-refractivity contribution in [2.45, 2.75) is 67.2 Å². The molecule has 0 bridgehead atoms. The first kappa shape index (κ1) is 30.9. The van der Waals surface area contributed by atoms with E-state index in [1.807, 2.05) is 54.5 Å². The number of rotatable bonds is 9. The molecule has 2 heterocycles. The number of carboxylic acid groups (broad SMARTS) is 1. The standard InChI is InChI=1S/C33H34ClN3O7/c1-15(2)43-18-8-9-19(32(41)42)23(13-18)37-14-20-21(34)10-11-22(25(20)31(37)40)35-26-27(29(39)28(26)38)36-30(33(5,6)7)24-12-16(3)17(4)44-24/h8-13,15,30,35-36H,14H2,1-7H3,(H,41,42)/t30-/m0/s1. The van der Waals surface area contributed by atoms with Crippen molar-refractivity contribution >= 4 is 46.2 Å². The molecule has 1 atom stereocenters. The number of anilines is 4. The van der Waals surface area contributed by atoms with Gasteiger partial charge in [-0.2, -0.15) is 0 Å². The molecule has 0 radical (unpaired) electrons. The molecule has 10 nitrogen and oxygen atoms in total. The number of carbonyl (C=O) groups is 2. The molecule has 3 N–H and O–H groups in total. The minimum absolute atomic E-state index is 0.00570. The quantitative estimate of drug-likeness (QED) is 0.174. The van der Waals surface area contributed by atoms with Crippen LogP contribution in [0.15, 0.2) is 50.4 Å². The Hall–Kier alpha value is -4.57. The first-order valence-corrected chi connectivity index (χ1v) is 14.6. The number of aryl methyl sites for hydroxylation is 2. The number of ether oxygens (including phenoxy) is 1. The first-order valence-electron chi connectivity index (χ1n) is 14.2. The number of carbonyl (C=O) groups excluding carboxylic acids is 1. The van der Waals surface area contributed by atoms with E-state index in [1.165, 1.54) is 23.1 Å². The molecule has 5 rings (SSSR count). The van der Waals surface area contributed by atoms with Crippen LogP contribution in [0.25, 0.3) is 0 Å². The molecule has 3 aromatic carbocycles. The zero-order chi connectivity index (χ0) is 32.2. The van der Waals surface area contributed by atoms with Gasteiger partial charge in [-0.25, -0.2) is 4.79 Å². The van der Waals surface area contributed by atoms with Crippen LogP contribution in [0.4, 0.5) is 22.7 Å². The molecule has 0 spiro atoms. The maximum absolute atomic E-state index is 13.9. The van der Waals surface area contributed by atoms with E-state index in [2.05, 4.69) is 10.6 Å². The molecule has 1 aliphatic rings. The number of fused-ring (bicyclic) bond motifs is 1. The van der Waals surface area contributed by atoms with Gasteiger partial charge in [0, 0.05) is 16.7 Å². The molecular weight excluding hydrogens is 586 g/mol. The third-order valence-electron chi connectivity index (χ3n) is 7.69. The highest BCUT2D eigenvalue weighted by molar-refractivity contribution is 6.33. The van der Waals surface area contributed by atoms with Crippen LogP contribution >= 0.6 is 11.6 Å². The summed E-state index contributed by atoms with van der Waals surface area (Å²) in [4.78, 5) is 53.0. The van der Waals surface area contributed by atoms with E-state index in [1.54, 1.807) is 12.1 Å². The van der Waals surface area contributed by atoms with Crippen molar-refractivity contribution in [3.05, 3.63) is 95.6 Å². The lowest BCUT2D eigenvalue weighted by atomic mass is 9.84. The van der Waals surface area contributed by atoms with Gasteiger partial charge >= 0.3 is 5.97 Å². The molecule has 0 saturated heterocycles. The number of hydrogen-bond acceptors (Lipinski definition) is 8. The molecular formula is C33H34ClN3O7. The van der Waals surface area contributed by atoms with Crippen molar-refractivity contribution in [2.75, 3.05) is 15.5 Å². The van der Waals surface area contributed by atoms with Crippen molar-refractivity contribution in [1.29, 1.82) is 0 Å². The van der Waals surface area contributed by atoms with E-state index in [0.29, 0.717) is 22.1 Å². The summed E-state index contributed by atoms with van der Waals surface area (Å²) in [6.45, 7) is 13.4. The third-order valence-corrected chi connectivity index (χ3v) is 8.04. The SMILES string of the molecule is Cc1cc([C@H](Nc2c(Nc3ccc(Cl)c4c3C(=O)N(c3cc(OC(C)C)ccc3C(=O)O)C4)c(=O)c2=O)C(C)(C)C)oc1C. The third kappa shape index (κ3) is 5.45. The normalized spacial score (nSPS) is 13.8. The molecule has 0 aliphatic carbocycles. The monoisotopic (exact) mass is 619 g/mol. The van der Waals surface area contributed by atoms with Crippen LogP contribution in [-0.2, 0) is 6.54 Å². The summed E-state index contributed by atoms with van der Waals surface area (Å²) < 4.78 is 11.7. The van der Waals surface area contributed by atoms with Gasteiger partial charge in [-0.3, -0.25) is 14.4 Å². The van der Waals surface area contributed by atoms with Gasteiger partial charge in [0.1, 0.15) is 28.6 Å². The van der Waals surface area contributed by atoms with Gasteiger partial charge in [0.05, 0.1) is 41.2 Å². The van der Waals surface area contributed by atoms with Crippen molar-refractivity contribution in [2.24, 2.45) is 5.41 Å². The van der Waals surface area contributed by atoms with Crippen molar-refractivity contribution in [3.63, 3.8) is 0 Å². The van der Waals surface area contributed by atoms with Crippen LogP contribution in [0.3, 0.4) is 0 Å². The molecule has 230 valence electrons. The number of hydrogen-bond donors (Lipinski definition) is 3. The highest BCUT2D eigenvalue weighted by Crippen LogP contribution is 2.42. The molecule has 4 aromatic rings. The van der Waals surface area contributed by atoms with E-state index < -0.39 is 34.2 Å². The highest BCUT2D eigenvalue weighted by atomic mass is 35.5. The Morgan fingerprint density at radius 1 is 1.05 bits per heavy atom. The van der Waals surface area contributed by atoms with Crippen LogP contribution < -0.4 is 31.1 Å². The second-order valence-electron chi connectivity index (χ2n) is 12.4. The number of furan rings is 1. The number of halogens is 1. The van der Waals surface area contributed by atoms with E-state index in [9.17, 15) is 24.3 Å². The lowest BCUT2D eigenvalue weighted by molar-refractivity contribution is 0.0697. The average molecular weight is 620 g/mol.